The van der Waals surface area contributed by atoms with Crippen molar-refractivity contribution in [2.75, 3.05) is 19.6 Å². The molecule has 1 aliphatic heterocycles. The van der Waals surface area contributed by atoms with Crippen LogP contribution in [0, 0.1) is 5.92 Å². The lowest BCUT2D eigenvalue weighted by Gasteiger charge is -2.31. The molecule has 6 nitrogen and oxygen atoms in total. The number of nitrogens with zero attached hydrogens (tertiary/aromatic N) is 3. The Hall–Kier alpha value is -3.67. The lowest BCUT2D eigenvalue weighted by Crippen LogP contribution is -2.44. The SMILES string of the molecule is CCNC(=O)C1CCCN(C(=O)C=Cc2cn(Cc3ccccc3)nc2-c2ccccc2)C1. The number of hydrogen-bond donors (Lipinski definition) is 1. The van der Waals surface area contributed by atoms with Crippen molar-refractivity contribution in [1.29, 1.82) is 0 Å². The van der Waals surface area contributed by atoms with Crippen molar-refractivity contribution in [3.63, 3.8) is 0 Å². The third-order valence-corrected chi connectivity index (χ3v) is 5.88. The lowest BCUT2D eigenvalue weighted by atomic mass is 9.97. The number of rotatable bonds is 7. The Morgan fingerprint density at radius 2 is 1.82 bits per heavy atom. The zero-order chi connectivity index (χ0) is 23.0. The zero-order valence-electron chi connectivity index (χ0n) is 19.0. The molecular formula is C27H30N4O2. The number of aromatic nitrogens is 2. The molecule has 0 bridgehead atoms. The quantitative estimate of drug-likeness (QED) is 0.563. The van der Waals surface area contributed by atoms with Gasteiger partial charge in [-0.15, -0.1) is 0 Å². The van der Waals surface area contributed by atoms with E-state index in [0.29, 0.717) is 26.2 Å². The second-order valence-electron chi connectivity index (χ2n) is 8.33. The Morgan fingerprint density at radius 3 is 2.55 bits per heavy atom. The second kappa shape index (κ2) is 10.8. The number of amides is 2. The molecule has 0 aliphatic carbocycles. The summed E-state index contributed by atoms with van der Waals surface area (Å²) in [4.78, 5) is 26.9. The Bertz CT molecular complexity index is 1110. The molecule has 0 radical (unpaired) electrons. The van der Waals surface area contributed by atoms with Gasteiger partial charge in [-0.25, -0.2) is 0 Å². The average Bonchev–Trinajstić information content (AvgIpc) is 3.26. The van der Waals surface area contributed by atoms with Gasteiger partial charge in [-0.2, -0.15) is 5.10 Å². The Kier molecular flexibility index (Phi) is 7.35. The van der Waals surface area contributed by atoms with Crippen LogP contribution in [0.25, 0.3) is 17.3 Å². The maximum Gasteiger partial charge on any atom is 0.246 e. The van der Waals surface area contributed by atoms with Gasteiger partial charge in [0.15, 0.2) is 0 Å². The molecule has 2 amide bonds. The number of benzene rings is 2. The normalized spacial score (nSPS) is 16.2. The van der Waals surface area contributed by atoms with Crippen LogP contribution >= 0.6 is 0 Å². The van der Waals surface area contributed by atoms with Crippen LogP contribution in [-0.2, 0) is 16.1 Å². The molecule has 1 unspecified atom stereocenters. The Balaban J connectivity index is 1.53. The fraction of sp³-hybridized carbons (Fsp3) is 0.296. The van der Waals surface area contributed by atoms with E-state index in [0.717, 1.165) is 35.2 Å². The van der Waals surface area contributed by atoms with Crippen LogP contribution < -0.4 is 5.32 Å². The molecule has 170 valence electrons. The van der Waals surface area contributed by atoms with Crippen LogP contribution in [-0.4, -0.2) is 46.1 Å². The predicted molar refractivity (Wildman–Crippen MR) is 130 cm³/mol. The minimum Gasteiger partial charge on any atom is -0.356 e. The van der Waals surface area contributed by atoms with Crippen molar-refractivity contribution in [2.24, 2.45) is 5.92 Å². The molecule has 3 aromatic rings. The molecule has 0 spiro atoms. The summed E-state index contributed by atoms with van der Waals surface area (Å²) in [6.45, 7) is 4.32. The second-order valence-corrected chi connectivity index (χ2v) is 8.33. The summed E-state index contributed by atoms with van der Waals surface area (Å²) >= 11 is 0. The number of piperidine rings is 1. The first-order chi connectivity index (χ1) is 16.1. The molecule has 1 saturated heterocycles. The molecule has 6 heteroatoms. The number of carbonyl (C=O) groups is 2. The van der Waals surface area contributed by atoms with E-state index >= 15 is 0 Å². The summed E-state index contributed by atoms with van der Waals surface area (Å²) in [5, 5.41) is 7.68. The third kappa shape index (κ3) is 5.77. The van der Waals surface area contributed by atoms with E-state index in [1.165, 1.54) is 0 Å². The van der Waals surface area contributed by atoms with E-state index in [4.69, 9.17) is 5.10 Å². The van der Waals surface area contributed by atoms with Crippen LogP contribution in [0.5, 0.6) is 0 Å². The summed E-state index contributed by atoms with van der Waals surface area (Å²) in [6, 6.07) is 20.2. The van der Waals surface area contributed by atoms with Gasteiger partial charge in [0.2, 0.25) is 11.8 Å². The van der Waals surface area contributed by atoms with Gasteiger partial charge >= 0.3 is 0 Å². The van der Waals surface area contributed by atoms with Gasteiger partial charge in [0, 0.05) is 43.0 Å². The largest absolute Gasteiger partial charge is 0.356 e. The first-order valence-corrected chi connectivity index (χ1v) is 11.6. The topological polar surface area (TPSA) is 67.2 Å². The maximum atomic E-state index is 12.9. The first-order valence-electron chi connectivity index (χ1n) is 11.6. The van der Waals surface area contributed by atoms with Crippen LogP contribution in [0.15, 0.2) is 72.9 Å². The van der Waals surface area contributed by atoms with Gasteiger partial charge in [-0.3, -0.25) is 14.3 Å². The van der Waals surface area contributed by atoms with Gasteiger partial charge in [-0.1, -0.05) is 60.7 Å². The minimum atomic E-state index is -0.135. The number of likely N-dealkylation sites (tertiary alicyclic amines) is 1. The summed E-state index contributed by atoms with van der Waals surface area (Å²) < 4.78 is 1.91. The van der Waals surface area contributed by atoms with E-state index in [9.17, 15) is 9.59 Å². The van der Waals surface area contributed by atoms with Crippen molar-refractivity contribution in [1.82, 2.24) is 20.0 Å². The molecule has 1 fully saturated rings. The summed E-state index contributed by atoms with van der Waals surface area (Å²) in [5.41, 5.74) is 3.90. The molecule has 33 heavy (non-hydrogen) atoms. The van der Waals surface area contributed by atoms with E-state index in [1.807, 2.05) is 72.4 Å². The smallest absolute Gasteiger partial charge is 0.246 e. The highest BCUT2D eigenvalue weighted by Gasteiger charge is 2.27. The number of nitrogens with one attached hydrogen (secondary N) is 1. The molecule has 2 heterocycles. The van der Waals surface area contributed by atoms with Gasteiger partial charge in [-0.05, 0) is 31.4 Å². The standard InChI is InChI=1S/C27H30N4O2/c1-2-28-27(33)24-14-9-17-30(19-24)25(32)16-15-23-20-31(18-21-10-5-3-6-11-21)29-26(23)22-12-7-4-8-13-22/h3-8,10-13,15-16,20,24H,2,9,14,17-19H2,1H3,(H,28,33). The summed E-state index contributed by atoms with van der Waals surface area (Å²) in [5.74, 6) is -0.170. The average molecular weight is 443 g/mol. The van der Waals surface area contributed by atoms with E-state index in [1.54, 1.807) is 11.0 Å². The van der Waals surface area contributed by atoms with Gasteiger partial charge in [0.1, 0.15) is 0 Å². The highest BCUT2D eigenvalue weighted by atomic mass is 16.2. The van der Waals surface area contributed by atoms with E-state index in [2.05, 4.69) is 17.4 Å². The fourth-order valence-electron chi connectivity index (χ4n) is 4.21. The molecule has 1 aromatic heterocycles. The fourth-order valence-corrected chi connectivity index (χ4v) is 4.21. The first kappa shape index (κ1) is 22.5. The van der Waals surface area contributed by atoms with Crippen molar-refractivity contribution in [2.45, 2.75) is 26.3 Å². The zero-order valence-corrected chi connectivity index (χ0v) is 19.0. The highest BCUT2D eigenvalue weighted by Crippen LogP contribution is 2.24. The highest BCUT2D eigenvalue weighted by molar-refractivity contribution is 5.93. The summed E-state index contributed by atoms with van der Waals surface area (Å²) in [6.07, 6.45) is 7.09. The van der Waals surface area contributed by atoms with Gasteiger partial charge < -0.3 is 10.2 Å². The molecule has 1 aliphatic rings. The molecule has 0 saturated carbocycles. The van der Waals surface area contributed by atoms with Crippen molar-refractivity contribution < 1.29 is 9.59 Å². The number of hydrogen-bond acceptors (Lipinski definition) is 3. The van der Waals surface area contributed by atoms with Crippen molar-refractivity contribution in [3.8, 4) is 11.3 Å². The van der Waals surface area contributed by atoms with Gasteiger partial charge in [0.05, 0.1) is 18.2 Å². The molecule has 1 N–H and O–H groups in total. The molecular weight excluding hydrogens is 412 g/mol. The van der Waals surface area contributed by atoms with Crippen LogP contribution in [0.4, 0.5) is 0 Å². The maximum absolute atomic E-state index is 12.9. The predicted octanol–water partition coefficient (Wildman–Crippen LogP) is 3.99. The van der Waals surface area contributed by atoms with Gasteiger partial charge in [0.25, 0.3) is 0 Å². The van der Waals surface area contributed by atoms with Crippen LogP contribution in [0.2, 0.25) is 0 Å². The minimum absolute atomic E-state index is 0.0348. The Labute approximate surface area is 194 Å². The monoisotopic (exact) mass is 442 g/mol. The van der Waals surface area contributed by atoms with Crippen LogP contribution in [0.1, 0.15) is 30.9 Å². The van der Waals surface area contributed by atoms with E-state index in [-0.39, 0.29) is 17.7 Å². The molecule has 1 atom stereocenters. The van der Waals surface area contributed by atoms with Crippen molar-refractivity contribution >= 4 is 17.9 Å². The van der Waals surface area contributed by atoms with E-state index < -0.39 is 0 Å². The van der Waals surface area contributed by atoms with Crippen LogP contribution in [0.3, 0.4) is 0 Å². The summed E-state index contributed by atoms with van der Waals surface area (Å²) in [7, 11) is 0. The Morgan fingerprint density at radius 1 is 1.09 bits per heavy atom. The third-order valence-electron chi connectivity index (χ3n) is 5.88. The molecule has 2 aromatic carbocycles. The van der Waals surface area contributed by atoms with Crippen molar-refractivity contribution in [3.05, 3.63) is 84.1 Å². The number of carbonyl (C=O) groups excluding carboxylic acids is 2. The lowest BCUT2D eigenvalue weighted by molar-refractivity contribution is -0.132. The molecule has 4 rings (SSSR count).